The number of pyridine rings is 1. The van der Waals surface area contributed by atoms with E-state index in [-0.39, 0.29) is 11.9 Å². The number of thiazole rings is 1. The van der Waals surface area contributed by atoms with Crippen molar-refractivity contribution in [3.8, 4) is 27.5 Å². The SMILES string of the molecule is C[B]c1cc(C(=O)N(CC)C2CCOCC2)ccc1-n1nc(-c2cccnc2)c2c1-c1sc(NC(=O)OC)nc1CC2. The Morgan fingerprint density at radius 3 is 2.79 bits per heavy atom. The molecule has 215 valence electrons. The molecule has 1 aliphatic carbocycles. The quantitative estimate of drug-likeness (QED) is 0.322. The Morgan fingerprint density at radius 1 is 1.24 bits per heavy atom. The molecule has 0 atom stereocenters. The predicted octanol–water partition coefficient (Wildman–Crippen LogP) is 4.35. The first kappa shape index (κ1) is 28.1. The molecule has 0 spiro atoms. The van der Waals surface area contributed by atoms with Crippen molar-refractivity contribution in [2.45, 2.75) is 45.5 Å². The molecule has 4 heterocycles. The lowest BCUT2D eigenvalue weighted by atomic mass is 9.71. The Morgan fingerprint density at radius 2 is 2.07 bits per heavy atom. The minimum absolute atomic E-state index is 0.0286. The van der Waals surface area contributed by atoms with Gasteiger partial charge in [-0.05, 0) is 56.9 Å². The number of anilines is 1. The zero-order valence-corrected chi connectivity index (χ0v) is 24.7. The zero-order chi connectivity index (χ0) is 29.2. The molecular weight excluding hydrogens is 551 g/mol. The molecule has 1 aliphatic heterocycles. The maximum absolute atomic E-state index is 13.7. The summed E-state index contributed by atoms with van der Waals surface area (Å²) in [6.07, 6.45) is 6.18. The summed E-state index contributed by atoms with van der Waals surface area (Å²) in [6, 6.07) is 9.93. The molecule has 2 amide bonds. The van der Waals surface area contributed by atoms with Gasteiger partial charge in [0.05, 0.1) is 34.8 Å². The molecule has 4 aromatic rings. The molecule has 10 nitrogen and oxygen atoms in total. The van der Waals surface area contributed by atoms with Crippen molar-refractivity contribution >= 4 is 41.2 Å². The minimum Gasteiger partial charge on any atom is -0.453 e. The highest BCUT2D eigenvalue weighted by atomic mass is 32.1. The number of hydrogen-bond donors (Lipinski definition) is 1. The standard InChI is InChI=1S/C30H32BN6O4S/c1-4-36(20-11-14-41-15-12-20)28(38)18-7-10-24(22(16-18)31-2)37-26-21(25(35-37)19-6-5-13-32-17-19)8-9-23-27(26)42-29(33-23)34-30(39)40-3/h5-7,10,13,16-17,20H,4,8-9,11-12,14-15H2,1-3H3,(H,33,34,39). The monoisotopic (exact) mass is 583 g/mol. The molecule has 42 heavy (non-hydrogen) atoms. The van der Waals surface area contributed by atoms with Crippen LogP contribution in [0.3, 0.4) is 0 Å². The molecule has 1 radical (unpaired) electrons. The first-order chi connectivity index (χ1) is 20.5. The number of aryl methyl sites for hydroxylation is 1. The number of hydrogen-bond acceptors (Lipinski definition) is 8. The average molecular weight is 584 g/mol. The van der Waals surface area contributed by atoms with Crippen LogP contribution in [-0.2, 0) is 22.3 Å². The van der Waals surface area contributed by atoms with Crippen LogP contribution in [0.15, 0.2) is 42.7 Å². The van der Waals surface area contributed by atoms with Gasteiger partial charge < -0.3 is 14.4 Å². The lowest BCUT2D eigenvalue weighted by Crippen LogP contribution is -2.43. The third-order valence-corrected chi connectivity index (χ3v) is 8.90. The molecule has 1 saturated heterocycles. The highest BCUT2D eigenvalue weighted by Gasteiger charge is 2.31. The molecule has 6 rings (SSSR count). The van der Waals surface area contributed by atoms with Gasteiger partial charge in [0.1, 0.15) is 0 Å². The first-order valence-corrected chi connectivity index (χ1v) is 15.0. The minimum atomic E-state index is -0.559. The van der Waals surface area contributed by atoms with Crippen LogP contribution in [0.2, 0.25) is 6.82 Å². The van der Waals surface area contributed by atoms with Gasteiger partial charge in [0.15, 0.2) is 12.4 Å². The lowest BCUT2D eigenvalue weighted by Gasteiger charge is -2.33. The molecule has 3 aromatic heterocycles. The van der Waals surface area contributed by atoms with Crippen molar-refractivity contribution in [3.05, 3.63) is 59.5 Å². The second kappa shape index (κ2) is 12.1. The van der Waals surface area contributed by atoms with Gasteiger partial charge in [-0.25, -0.2) is 14.5 Å². The van der Waals surface area contributed by atoms with E-state index in [1.165, 1.54) is 18.4 Å². The summed E-state index contributed by atoms with van der Waals surface area (Å²) in [5, 5.41) is 8.33. The summed E-state index contributed by atoms with van der Waals surface area (Å²) in [7, 11) is 3.34. The molecule has 0 unspecified atom stereocenters. The number of fused-ring (bicyclic) bond motifs is 3. The molecule has 1 fully saturated rings. The van der Waals surface area contributed by atoms with E-state index in [0.717, 1.165) is 69.9 Å². The number of amides is 2. The van der Waals surface area contributed by atoms with E-state index in [1.54, 1.807) is 6.20 Å². The summed E-state index contributed by atoms with van der Waals surface area (Å²) in [5.74, 6) is 0.0286. The van der Waals surface area contributed by atoms with E-state index in [2.05, 4.69) is 10.3 Å². The Hall–Kier alpha value is -4.03. The second-order valence-corrected chi connectivity index (χ2v) is 11.2. The largest absolute Gasteiger partial charge is 0.453 e. The van der Waals surface area contributed by atoms with Crippen LogP contribution in [0.5, 0.6) is 0 Å². The molecule has 1 N–H and O–H groups in total. The number of rotatable bonds is 7. The van der Waals surface area contributed by atoms with Gasteiger partial charge in [0.25, 0.3) is 5.91 Å². The van der Waals surface area contributed by atoms with E-state index < -0.39 is 6.09 Å². The summed E-state index contributed by atoms with van der Waals surface area (Å²) >= 11 is 1.40. The van der Waals surface area contributed by atoms with E-state index >= 15 is 0 Å². The van der Waals surface area contributed by atoms with Crippen LogP contribution >= 0.6 is 11.3 Å². The third kappa shape index (κ3) is 5.20. The maximum Gasteiger partial charge on any atom is 0.413 e. The van der Waals surface area contributed by atoms with E-state index in [4.69, 9.17) is 19.6 Å². The lowest BCUT2D eigenvalue weighted by molar-refractivity contribution is 0.0305. The Bertz CT molecular complexity index is 1620. The Balaban J connectivity index is 1.45. The van der Waals surface area contributed by atoms with Gasteiger partial charge >= 0.3 is 6.09 Å². The van der Waals surface area contributed by atoms with Crippen molar-refractivity contribution in [2.75, 3.05) is 32.2 Å². The van der Waals surface area contributed by atoms with Crippen LogP contribution in [0, 0.1) is 0 Å². The van der Waals surface area contributed by atoms with Gasteiger partial charge in [0.2, 0.25) is 0 Å². The summed E-state index contributed by atoms with van der Waals surface area (Å²) in [4.78, 5) is 37.5. The smallest absolute Gasteiger partial charge is 0.413 e. The fourth-order valence-corrected chi connectivity index (χ4v) is 6.87. The van der Waals surface area contributed by atoms with Gasteiger partial charge in [-0.3, -0.25) is 15.1 Å². The van der Waals surface area contributed by atoms with Crippen LogP contribution in [-0.4, -0.2) is 76.8 Å². The van der Waals surface area contributed by atoms with E-state index in [9.17, 15) is 9.59 Å². The highest BCUT2D eigenvalue weighted by molar-refractivity contribution is 7.19. The summed E-state index contributed by atoms with van der Waals surface area (Å²) < 4.78 is 12.3. The first-order valence-electron chi connectivity index (χ1n) is 14.2. The predicted molar refractivity (Wildman–Crippen MR) is 163 cm³/mol. The molecule has 2 aliphatic rings. The number of methoxy groups -OCH3 is 1. The topological polar surface area (TPSA) is 111 Å². The van der Waals surface area contributed by atoms with Crippen LogP contribution in [0.1, 0.15) is 41.4 Å². The van der Waals surface area contributed by atoms with Gasteiger partial charge in [-0.15, -0.1) is 0 Å². The summed E-state index contributed by atoms with van der Waals surface area (Å²) in [5.41, 5.74) is 7.14. The third-order valence-electron chi connectivity index (χ3n) is 7.88. The molecule has 1 aromatic carbocycles. The van der Waals surface area contributed by atoms with E-state index in [1.807, 2.05) is 67.1 Å². The van der Waals surface area contributed by atoms with Gasteiger partial charge in [-0.2, -0.15) is 5.10 Å². The number of ether oxygens (including phenoxy) is 2. The number of carbonyl (C=O) groups excluding carboxylic acids is 2. The molecule has 12 heteroatoms. The van der Waals surface area contributed by atoms with Crippen molar-refractivity contribution in [1.29, 1.82) is 0 Å². The van der Waals surface area contributed by atoms with Crippen LogP contribution < -0.4 is 10.8 Å². The van der Waals surface area contributed by atoms with E-state index in [0.29, 0.717) is 30.5 Å². The Labute approximate surface area is 249 Å². The fourth-order valence-electron chi connectivity index (χ4n) is 5.81. The van der Waals surface area contributed by atoms with Crippen molar-refractivity contribution in [2.24, 2.45) is 0 Å². The number of carbonyl (C=O) groups is 2. The second-order valence-electron chi connectivity index (χ2n) is 10.2. The number of benzene rings is 1. The van der Waals surface area contributed by atoms with Crippen molar-refractivity contribution in [1.82, 2.24) is 24.6 Å². The van der Waals surface area contributed by atoms with Crippen molar-refractivity contribution < 1.29 is 19.1 Å². The van der Waals surface area contributed by atoms with Gasteiger partial charge in [0, 0.05) is 54.9 Å². The molecular formula is C30H32BN6O4S. The summed E-state index contributed by atoms with van der Waals surface area (Å²) in [6.45, 7) is 6.01. The molecule has 0 saturated carbocycles. The Kier molecular flexibility index (Phi) is 8.08. The van der Waals surface area contributed by atoms with Crippen molar-refractivity contribution in [3.63, 3.8) is 0 Å². The average Bonchev–Trinajstić information content (AvgIpc) is 3.63. The van der Waals surface area contributed by atoms with Gasteiger partial charge in [-0.1, -0.05) is 29.7 Å². The molecule has 0 bridgehead atoms. The highest BCUT2D eigenvalue weighted by Crippen LogP contribution is 2.44. The maximum atomic E-state index is 13.7. The van der Waals surface area contributed by atoms with Crippen LogP contribution in [0.4, 0.5) is 9.93 Å². The van der Waals surface area contributed by atoms with Crippen LogP contribution in [0.25, 0.3) is 27.5 Å². The number of nitrogens with one attached hydrogen (secondary N) is 1. The number of aromatic nitrogens is 4. The number of nitrogens with zero attached hydrogens (tertiary/aromatic N) is 5. The fraction of sp³-hybridized carbons (Fsp3) is 0.367. The normalized spacial score (nSPS) is 14.5. The zero-order valence-electron chi connectivity index (χ0n) is 23.9.